The van der Waals surface area contributed by atoms with Gasteiger partial charge >= 0.3 is 0 Å². The van der Waals surface area contributed by atoms with Gasteiger partial charge in [-0.2, -0.15) is 0 Å². The van der Waals surface area contributed by atoms with Gasteiger partial charge in [-0.3, -0.25) is 0 Å². The molecule has 0 aliphatic carbocycles. The second-order valence-corrected chi connectivity index (χ2v) is 10.6. The molecule has 0 spiro atoms. The van der Waals surface area contributed by atoms with Crippen molar-refractivity contribution in [2.45, 2.75) is 77.2 Å². The topological polar surface area (TPSA) is 103 Å². The van der Waals surface area contributed by atoms with Crippen LogP contribution in [0, 0.1) is 5.41 Å². The van der Waals surface area contributed by atoms with Gasteiger partial charge in [0.15, 0.2) is 17.4 Å². The number of hydrogen-bond acceptors (Lipinski definition) is 10. The largest absolute Gasteiger partial charge is 0.396 e. The Labute approximate surface area is 197 Å². The van der Waals surface area contributed by atoms with Crippen molar-refractivity contribution in [3.63, 3.8) is 0 Å². The summed E-state index contributed by atoms with van der Waals surface area (Å²) in [6.45, 7) is 14.3. The van der Waals surface area contributed by atoms with E-state index in [2.05, 4.69) is 0 Å². The fraction of sp³-hybridized carbons (Fsp3) is 1.00. The SMILES string of the molecule is CC1(C)OCC(COCC(CO)(COCC2COC(C)(C)O2)COCC2COC(C)(C)O2)O1. The van der Waals surface area contributed by atoms with Gasteiger partial charge in [-0.15, -0.1) is 0 Å². The monoisotopic (exact) mass is 478 g/mol. The maximum absolute atomic E-state index is 10.3. The van der Waals surface area contributed by atoms with Crippen molar-refractivity contribution >= 4 is 0 Å². The summed E-state index contributed by atoms with van der Waals surface area (Å²) in [5, 5.41) is 10.3. The van der Waals surface area contributed by atoms with Gasteiger partial charge in [-0.05, 0) is 41.5 Å². The molecule has 194 valence electrons. The van der Waals surface area contributed by atoms with E-state index in [0.717, 1.165) is 0 Å². The third kappa shape index (κ3) is 8.64. The lowest BCUT2D eigenvalue weighted by Crippen LogP contribution is -2.43. The molecule has 0 aromatic heterocycles. The normalized spacial score (nSPS) is 32.3. The van der Waals surface area contributed by atoms with Crippen molar-refractivity contribution in [1.29, 1.82) is 0 Å². The van der Waals surface area contributed by atoms with Gasteiger partial charge in [-0.1, -0.05) is 0 Å². The molecule has 10 heteroatoms. The van der Waals surface area contributed by atoms with E-state index in [9.17, 15) is 5.11 Å². The number of hydrogen-bond donors (Lipinski definition) is 1. The molecule has 33 heavy (non-hydrogen) atoms. The van der Waals surface area contributed by atoms with Crippen LogP contribution in [0.15, 0.2) is 0 Å². The van der Waals surface area contributed by atoms with Crippen LogP contribution in [0.1, 0.15) is 41.5 Å². The minimum atomic E-state index is -0.751. The van der Waals surface area contributed by atoms with Crippen LogP contribution in [0.5, 0.6) is 0 Å². The summed E-state index contributed by atoms with van der Waals surface area (Å²) in [4.78, 5) is 0. The Hall–Kier alpha value is -0.400. The highest BCUT2D eigenvalue weighted by molar-refractivity contribution is 4.81. The van der Waals surface area contributed by atoms with Gasteiger partial charge in [-0.25, -0.2) is 0 Å². The molecule has 0 amide bonds. The summed E-state index contributed by atoms with van der Waals surface area (Å²) in [7, 11) is 0. The van der Waals surface area contributed by atoms with Crippen molar-refractivity contribution in [2.75, 3.05) is 66.1 Å². The van der Waals surface area contributed by atoms with Crippen molar-refractivity contribution in [1.82, 2.24) is 0 Å². The smallest absolute Gasteiger partial charge is 0.163 e. The summed E-state index contributed by atoms with van der Waals surface area (Å²) in [5.41, 5.74) is -0.751. The van der Waals surface area contributed by atoms with Crippen LogP contribution in [-0.2, 0) is 42.6 Å². The molecule has 3 aliphatic rings. The third-order valence-corrected chi connectivity index (χ3v) is 5.67. The summed E-state index contributed by atoms with van der Waals surface area (Å²) in [6.07, 6.45) is -0.470. The first-order chi connectivity index (χ1) is 15.4. The molecule has 10 nitrogen and oxygen atoms in total. The summed E-state index contributed by atoms with van der Waals surface area (Å²) in [5.74, 6) is -1.83. The molecule has 0 aromatic carbocycles. The molecule has 3 aliphatic heterocycles. The van der Waals surface area contributed by atoms with Crippen LogP contribution in [0.25, 0.3) is 0 Å². The Kier molecular flexibility index (Phi) is 9.16. The van der Waals surface area contributed by atoms with Crippen LogP contribution >= 0.6 is 0 Å². The lowest BCUT2D eigenvalue weighted by molar-refractivity contribution is -0.161. The number of aliphatic hydroxyl groups is 1. The fourth-order valence-electron chi connectivity index (χ4n) is 4.02. The van der Waals surface area contributed by atoms with Crippen LogP contribution in [0.3, 0.4) is 0 Å². The van der Waals surface area contributed by atoms with Crippen molar-refractivity contribution in [3.05, 3.63) is 0 Å². The molecule has 3 atom stereocenters. The molecule has 0 bridgehead atoms. The molecule has 3 unspecified atom stereocenters. The summed E-state index contributed by atoms with van der Waals surface area (Å²) >= 11 is 0. The van der Waals surface area contributed by atoms with Crippen LogP contribution in [-0.4, -0.2) is 107 Å². The zero-order chi connectivity index (χ0) is 24.2. The highest BCUT2D eigenvalue weighted by Crippen LogP contribution is 2.27. The van der Waals surface area contributed by atoms with E-state index in [-0.39, 0.29) is 44.7 Å². The molecular formula is C23H42O10. The number of aliphatic hydroxyl groups excluding tert-OH is 1. The van der Waals surface area contributed by atoms with Crippen LogP contribution < -0.4 is 0 Å². The standard InChI is InChI=1S/C23H42O10/c1-20(2)28-10-17(31-20)7-25-14-23(13-24,15-26-8-18-11-29-21(3,4)32-18)16-27-9-19-12-30-22(5,6)33-19/h17-19,24H,7-16H2,1-6H3. The molecule has 1 N–H and O–H groups in total. The van der Waals surface area contributed by atoms with Crippen LogP contribution in [0.4, 0.5) is 0 Å². The predicted molar refractivity (Wildman–Crippen MR) is 117 cm³/mol. The lowest BCUT2D eigenvalue weighted by Gasteiger charge is -2.32. The minimum Gasteiger partial charge on any atom is -0.396 e. The molecule has 3 fully saturated rings. The molecule has 0 aromatic rings. The maximum Gasteiger partial charge on any atom is 0.163 e. The minimum absolute atomic E-state index is 0.157. The Morgan fingerprint density at radius 3 is 1.15 bits per heavy atom. The number of ether oxygens (including phenoxy) is 9. The van der Waals surface area contributed by atoms with Gasteiger partial charge in [0.25, 0.3) is 0 Å². The highest BCUT2D eigenvalue weighted by Gasteiger charge is 2.38. The zero-order valence-corrected chi connectivity index (χ0v) is 20.9. The van der Waals surface area contributed by atoms with Gasteiger partial charge in [0, 0.05) is 0 Å². The van der Waals surface area contributed by atoms with E-state index < -0.39 is 22.8 Å². The molecule has 3 heterocycles. The predicted octanol–water partition coefficient (Wildman–Crippen LogP) is 1.47. The molecule has 3 saturated heterocycles. The Morgan fingerprint density at radius 2 is 0.939 bits per heavy atom. The summed E-state index contributed by atoms with van der Waals surface area (Å²) < 4.78 is 52.0. The average Bonchev–Trinajstić information content (AvgIpc) is 3.37. The zero-order valence-electron chi connectivity index (χ0n) is 20.9. The van der Waals surface area contributed by atoms with Crippen LogP contribution in [0.2, 0.25) is 0 Å². The lowest BCUT2D eigenvalue weighted by atomic mass is 9.92. The van der Waals surface area contributed by atoms with E-state index in [4.69, 9.17) is 42.6 Å². The first-order valence-electron chi connectivity index (χ1n) is 11.7. The van der Waals surface area contributed by atoms with Gasteiger partial charge in [0.2, 0.25) is 0 Å². The Balaban J connectivity index is 1.49. The van der Waals surface area contributed by atoms with Crippen molar-refractivity contribution in [2.24, 2.45) is 5.41 Å². The van der Waals surface area contributed by atoms with E-state index in [1.807, 2.05) is 41.5 Å². The van der Waals surface area contributed by atoms with E-state index >= 15 is 0 Å². The third-order valence-electron chi connectivity index (χ3n) is 5.67. The highest BCUT2D eigenvalue weighted by atomic mass is 16.8. The fourth-order valence-corrected chi connectivity index (χ4v) is 4.02. The Bertz CT molecular complexity index is 529. The quantitative estimate of drug-likeness (QED) is 0.419. The van der Waals surface area contributed by atoms with Crippen molar-refractivity contribution < 1.29 is 47.7 Å². The first-order valence-corrected chi connectivity index (χ1v) is 11.7. The summed E-state index contributed by atoms with van der Waals surface area (Å²) in [6, 6.07) is 0. The molecule has 3 rings (SSSR count). The average molecular weight is 479 g/mol. The Morgan fingerprint density at radius 1 is 0.636 bits per heavy atom. The van der Waals surface area contributed by atoms with Gasteiger partial charge in [0.05, 0.1) is 71.5 Å². The van der Waals surface area contributed by atoms with E-state index in [1.54, 1.807) is 0 Å². The number of rotatable bonds is 13. The van der Waals surface area contributed by atoms with E-state index in [0.29, 0.717) is 39.6 Å². The van der Waals surface area contributed by atoms with Gasteiger partial charge < -0.3 is 47.7 Å². The first kappa shape index (κ1) is 27.2. The van der Waals surface area contributed by atoms with Gasteiger partial charge in [0.1, 0.15) is 18.3 Å². The second-order valence-electron chi connectivity index (χ2n) is 10.6. The van der Waals surface area contributed by atoms with Crippen molar-refractivity contribution in [3.8, 4) is 0 Å². The van der Waals surface area contributed by atoms with E-state index in [1.165, 1.54) is 0 Å². The second kappa shape index (κ2) is 11.1. The molecule has 0 radical (unpaired) electrons. The molecule has 0 saturated carbocycles. The molecular weight excluding hydrogens is 436 g/mol. The maximum atomic E-state index is 10.3.